The van der Waals surface area contributed by atoms with Crippen molar-refractivity contribution < 1.29 is 9.53 Å². The van der Waals surface area contributed by atoms with Gasteiger partial charge < -0.3 is 15.4 Å². The first-order valence-electron chi connectivity index (χ1n) is 4.38. The average molecular weight is 189 g/mol. The summed E-state index contributed by atoms with van der Waals surface area (Å²) < 4.78 is 4.82. The van der Waals surface area contributed by atoms with E-state index in [2.05, 4.69) is 0 Å². The van der Waals surface area contributed by atoms with Crippen LogP contribution in [-0.4, -0.2) is 56.4 Å². The Kier molecular flexibility index (Phi) is 6.26. The molecular weight excluding hydrogens is 170 g/mol. The van der Waals surface area contributed by atoms with Crippen LogP contribution in [0, 0.1) is 0 Å². The standard InChI is InChI=1S/C8H19N3O2/c1-4-13-8(12)11(7-9)6-5-10(2)3/h4-7,9H2,1-3H3. The summed E-state index contributed by atoms with van der Waals surface area (Å²) in [7, 11) is 3.89. The van der Waals surface area contributed by atoms with Gasteiger partial charge in [-0.05, 0) is 21.0 Å². The molecule has 0 heterocycles. The molecule has 0 saturated heterocycles. The molecule has 0 unspecified atom stereocenters. The number of ether oxygens (including phenoxy) is 1. The van der Waals surface area contributed by atoms with Crippen LogP contribution in [0.3, 0.4) is 0 Å². The highest BCUT2D eigenvalue weighted by molar-refractivity contribution is 5.67. The van der Waals surface area contributed by atoms with Crippen molar-refractivity contribution in [1.29, 1.82) is 0 Å². The molecule has 0 aliphatic rings. The zero-order chi connectivity index (χ0) is 10.3. The molecule has 0 aliphatic heterocycles. The first-order valence-corrected chi connectivity index (χ1v) is 4.38. The summed E-state index contributed by atoms with van der Waals surface area (Å²) in [6, 6.07) is 0. The number of rotatable bonds is 5. The van der Waals surface area contributed by atoms with Gasteiger partial charge in [0.1, 0.15) is 0 Å². The Labute approximate surface area is 79.4 Å². The van der Waals surface area contributed by atoms with Crippen LogP contribution in [0.1, 0.15) is 6.92 Å². The van der Waals surface area contributed by atoms with Crippen LogP contribution >= 0.6 is 0 Å². The lowest BCUT2D eigenvalue weighted by molar-refractivity contribution is 0.105. The molecule has 2 N–H and O–H groups in total. The molecule has 1 amide bonds. The van der Waals surface area contributed by atoms with E-state index >= 15 is 0 Å². The van der Waals surface area contributed by atoms with E-state index < -0.39 is 0 Å². The van der Waals surface area contributed by atoms with Gasteiger partial charge in [-0.1, -0.05) is 0 Å². The number of hydrogen-bond donors (Lipinski definition) is 1. The van der Waals surface area contributed by atoms with Gasteiger partial charge in [0, 0.05) is 13.1 Å². The van der Waals surface area contributed by atoms with E-state index in [1.165, 1.54) is 4.90 Å². The van der Waals surface area contributed by atoms with Crippen molar-refractivity contribution in [2.75, 3.05) is 40.5 Å². The van der Waals surface area contributed by atoms with Gasteiger partial charge in [0.15, 0.2) is 0 Å². The quantitative estimate of drug-likeness (QED) is 0.615. The fourth-order valence-corrected chi connectivity index (χ4v) is 0.793. The molecule has 0 aromatic rings. The van der Waals surface area contributed by atoms with Crippen molar-refractivity contribution in [3.8, 4) is 0 Å². The first-order chi connectivity index (χ1) is 6.11. The number of likely N-dealkylation sites (N-methyl/N-ethyl adjacent to an activating group) is 1. The molecule has 0 spiro atoms. The van der Waals surface area contributed by atoms with Crippen molar-refractivity contribution in [2.24, 2.45) is 5.73 Å². The molecular formula is C8H19N3O2. The van der Waals surface area contributed by atoms with Crippen LogP contribution in [0.15, 0.2) is 0 Å². The number of nitrogens with two attached hydrogens (primary N) is 1. The van der Waals surface area contributed by atoms with Gasteiger partial charge in [-0.25, -0.2) is 4.79 Å². The largest absolute Gasteiger partial charge is 0.450 e. The molecule has 78 valence electrons. The van der Waals surface area contributed by atoms with Gasteiger partial charge in [0.2, 0.25) is 0 Å². The van der Waals surface area contributed by atoms with Crippen LogP contribution in [0.4, 0.5) is 4.79 Å². The SMILES string of the molecule is CCOC(=O)N(CN)CCN(C)C. The summed E-state index contributed by atoms with van der Waals surface area (Å²) in [4.78, 5) is 14.7. The van der Waals surface area contributed by atoms with E-state index in [-0.39, 0.29) is 12.8 Å². The molecule has 13 heavy (non-hydrogen) atoms. The minimum absolute atomic E-state index is 0.201. The topological polar surface area (TPSA) is 58.8 Å². The number of amides is 1. The highest BCUT2D eigenvalue weighted by Gasteiger charge is 2.11. The maximum atomic E-state index is 11.2. The van der Waals surface area contributed by atoms with Gasteiger partial charge in [-0.15, -0.1) is 0 Å². The molecule has 5 heteroatoms. The molecule has 0 aromatic heterocycles. The first kappa shape index (κ1) is 12.2. The van der Waals surface area contributed by atoms with E-state index in [4.69, 9.17) is 10.5 Å². The number of hydrogen-bond acceptors (Lipinski definition) is 4. The van der Waals surface area contributed by atoms with E-state index in [9.17, 15) is 4.79 Å². The molecule has 5 nitrogen and oxygen atoms in total. The molecule has 0 bridgehead atoms. The van der Waals surface area contributed by atoms with Crippen LogP contribution in [-0.2, 0) is 4.74 Å². The third-order valence-corrected chi connectivity index (χ3v) is 1.56. The van der Waals surface area contributed by atoms with E-state index in [0.29, 0.717) is 13.2 Å². The zero-order valence-electron chi connectivity index (χ0n) is 8.62. The molecule has 0 rings (SSSR count). The Morgan fingerprint density at radius 3 is 2.38 bits per heavy atom. The van der Waals surface area contributed by atoms with Crippen molar-refractivity contribution in [3.05, 3.63) is 0 Å². The van der Waals surface area contributed by atoms with Crippen LogP contribution < -0.4 is 5.73 Å². The van der Waals surface area contributed by atoms with E-state index in [1.807, 2.05) is 19.0 Å². The molecule has 0 saturated carbocycles. The Morgan fingerprint density at radius 2 is 2.00 bits per heavy atom. The molecule has 0 aliphatic carbocycles. The maximum Gasteiger partial charge on any atom is 0.410 e. The lowest BCUT2D eigenvalue weighted by Gasteiger charge is -2.21. The van der Waals surface area contributed by atoms with Crippen molar-refractivity contribution >= 4 is 6.09 Å². The second-order valence-corrected chi connectivity index (χ2v) is 2.95. The molecule has 0 radical (unpaired) electrons. The average Bonchev–Trinajstić information content (AvgIpc) is 2.05. The monoisotopic (exact) mass is 189 g/mol. The number of carbonyl (C=O) groups excluding carboxylic acids is 1. The smallest absolute Gasteiger partial charge is 0.410 e. The summed E-state index contributed by atoms with van der Waals surface area (Å²) in [5.41, 5.74) is 5.40. The predicted octanol–water partition coefficient (Wildman–Crippen LogP) is -0.0773. The zero-order valence-corrected chi connectivity index (χ0v) is 8.62. The van der Waals surface area contributed by atoms with E-state index in [0.717, 1.165) is 6.54 Å². The van der Waals surface area contributed by atoms with Gasteiger partial charge >= 0.3 is 6.09 Å². The van der Waals surface area contributed by atoms with Gasteiger partial charge in [0.25, 0.3) is 0 Å². The summed E-state index contributed by atoms with van der Waals surface area (Å²) in [5.74, 6) is 0. The van der Waals surface area contributed by atoms with Crippen LogP contribution in [0.5, 0.6) is 0 Å². The predicted molar refractivity (Wildman–Crippen MR) is 51.3 cm³/mol. The summed E-state index contributed by atoms with van der Waals surface area (Å²) in [5, 5.41) is 0. The highest BCUT2D eigenvalue weighted by atomic mass is 16.6. The summed E-state index contributed by atoms with van der Waals surface area (Å²) in [6.45, 7) is 3.75. The molecule has 0 atom stereocenters. The lowest BCUT2D eigenvalue weighted by atomic mass is 10.5. The lowest BCUT2D eigenvalue weighted by Crippen LogP contribution is -2.40. The highest BCUT2D eigenvalue weighted by Crippen LogP contribution is 1.91. The summed E-state index contributed by atoms with van der Waals surface area (Å²) >= 11 is 0. The third-order valence-electron chi connectivity index (χ3n) is 1.56. The molecule has 0 fully saturated rings. The summed E-state index contributed by atoms with van der Waals surface area (Å²) in [6.07, 6.45) is -0.341. The Morgan fingerprint density at radius 1 is 1.38 bits per heavy atom. The van der Waals surface area contributed by atoms with Gasteiger partial charge in [-0.2, -0.15) is 0 Å². The third kappa shape index (κ3) is 5.43. The second-order valence-electron chi connectivity index (χ2n) is 2.95. The van der Waals surface area contributed by atoms with Crippen molar-refractivity contribution in [2.45, 2.75) is 6.92 Å². The van der Waals surface area contributed by atoms with Crippen LogP contribution in [0.25, 0.3) is 0 Å². The maximum absolute atomic E-state index is 11.2. The Balaban J connectivity index is 3.80. The molecule has 0 aromatic carbocycles. The Hall–Kier alpha value is -0.810. The fraction of sp³-hybridized carbons (Fsp3) is 0.875. The minimum Gasteiger partial charge on any atom is -0.450 e. The number of carbonyl (C=O) groups is 1. The minimum atomic E-state index is -0.341. The second kappa shape index (κ2) is 6.68. The van der Waals surface area contributed by atoms with Crippen molar-refractivity contribution in [3.63, 3.8) is 0 Å². The Bertz CT molecular complexity index is 150. The van der Waals surface area contributed by atoms with Gasteiger partial charge in [0.05, 0.1) is 13.3 Å². The fourth-order valence-electron chi connectivity index (χ4n) is 0.793. The van der Waals surface area contributed by atoms with E-state index in [1.54, 1.807) is 6.92 Å². The normalized spacial score (nSPS) is 10.2. The van der Waals surface area contributed by atoms with Gasteiger partial charge in [-0.3, -0.25) is 4.90 Å². The van der Waals surface area contributed by atoms with Crippen LogP contribution in [0.2, 0.25) is 0 Å². The number of nitrogens with zero attached hydrogens (tertiary/aromatic N) is 2. The van der Waals surface area contributed by atoms with Crippen molar-refractivity contribution in [1.82, 2.24) is 9.80 Å².